The monoisotopic (exact) mass is 591 g/mol. The van der Waals surface area contributed by atoms with Gasteiger partial charge >= 0.3 is 0 Å². The van der Waals surface area contributed by atoms with Crippen LogP contribution in [-0.2, 0) is 26.2 Å². The average molecular weight is 592 g/mol. The maximum absolute atomic E-state index is 14.3. The number of nitrogens with one attached hydrogen (secondary N) is 1. The standard InChI is InChI=1S/C33H41N3O5S/c1-4-29(33(38)34-27-16-9-10-17-27)35(23-26-15-13-14-25(3)22-26)32(37)24-36(30-20-11-12-21-31(30)41-5-2)42(39,40)28-18-7-6-8-19-28/h6-8,11-15,18-22,27,29H,4-5,9-10,16-17,23-24H2,1-3H3,(H,34,38). The molecular formula is C33H41N3O5S. The number of rotatable bonds is 13. The molecule has 0 spiro atoms. The van der Waals surface area contributed by atoms with E-state index in [1.165, 1.54) is 17.0 Å². The third-order valence-electron chi connectivity index (χ3n) is 7.57. The van der Waals surface area contributed by atoms with Gasteiger partial charge < -0.3 is 15.0 Å². The van der Waals surface area contributed by atoms with Crippen LogP contribution in [0.25, 0.3) is 0 Å². The Balaban J connectivity index is 1.74. The summed E-state index contributed by atoms with van der Waals surface area (Å²) in [6.07, 6.45) is 4.37. The van der Waals surface area contributed by atoms with E-state index in [9.17, 15) is 18.0 Å². The van der Waals surface area contributed by atoms with Crippen LogP contribution in [0.1, 0.15) is 57.1 Å². The summed E-state index contributed by atoms with van der Waals surface area (Å²) >= 11 is 0. The molecule has 8 nitrogen and oxygen atoms in total. The third kappa shape index (κ3) is 7.50. The zero-order valence-corrected chi connectivity index (χ0v) is 25.5. The number of carbonyl (C=O) groups is 2. The van der Waals surface area contributed by atoms with E-state index < -0.39 is 28.5 Å². The molecule has 0 radical (unpaired) electrons. The second-order valence-electron chi connectivity index (χ2n) is 10.7. The molecule has 3 aromatic carbocycles. The van der Waals surface area contributed by atoms with Crippen LogP contribution in [0, 0.1) is 6.92 Å². The predicted molar refractivity (Wildman–Crippen MR) is 165 cm³/mol. The van der Waals surface area contributed by atoms with Crippen molar-refractivity contribution >= 4 is 27.5 Å². The molecular weight excluding hydrogens is 550 g/mol. The van der Waals surface area contributed by atoms with E-state index in [1.54, 1.807) is 42.5 Å². The summed E-state index contributed by atoms with van der Waals surface area (Å²) in [5.41, 5.74) is 2.15. The minimum atomic E-state index is -4.17. The van der Waals surface area contributed by atoms with E-state index in [1.807, 2.05) is 45.0 Å². The normalized spacial score (nSPS) is 14.3. The summed E-state index contributed by atoms with van der Waals surface area (Å²) in [5, 5.41) is 3.14. The van der Waals surface area contributed by atoms with E-state index >= 15 is 0 Å². The largest absolute Gasteiger partial charge is 0.492 e. The Morgan fingerprint density at radius 1 is 0.952 bits per heavy atom. The molecule has 1 N–H and O–H groups in total. The van der Waals surface area contributed by atoms with Crippen molar-refractivity contribution in [2.24, 2.45) is 0 Å². The first-order valence-corrected chi connectivity index (χ1v) is 16.1. The maximum Gasteiger partial charge on any atom is 0.264 e. The molecule has 0 saturated heterocycles. The van der Waals surface area contributed by atoms with Gasteiger partial charge in [0, 0.05) is 12.6 Å². The highest BCUT2D eigenvalue weighted by Gasteiger charge is 2.35. The number of carbonyl (C=O) groups excluding carboxylic acids is 2. The summed E-state index contributed by atoms with van der Waals surface area (Å²) in [5.74, 6) is -0.336. The van der Waals surface area contributed by atoms with Crippen LogP contribution >= 0.6 is 0 Å². The molecule has 1 aliphatic rings. The molecule has 1 unspecified atom stereocenters. The lowest BCUT2D eigenvalue weighted by Gasteiger charge is -2.34. The molecule has 4 rings (SSSR count). The van der Waals surface area contributed by atoms with Gasteiger partial charge in [-0.25, -0.2) is 8.42 Å². The van der Waals surface area contributed by atoms with Gasteiger partial charge in [0.2, 0.25) is 11.8 Å². The van der Waals surface area contributed by atoms with E-state index in [0.717, 1.165) is 41.1 Å². The summed E-state index contributed by atoms with van der Waals surface area (Å²) in [4.78, 5) is 29.5. The molecule has 0 heterocycles. The lowest BCUT2D eigenvalue weighted by Crippen LogP contribution is -2.53. The fourth-order valence-corrected chi connectivity index (χ4v) is 6.91. The van der Waals surface area contributed by atoms with Crippen molar-refractivity contribution in [1.82, 2.24) is 10.2 Å². The van der Waals surface area contributed by atoms with E-state index in [0.29, 0.717) is 18.8 Å². The number of amides is 2. The molecule has 0 aromatic heterocycles. The minimum absolute atomic E-state index is 0.0559. The van der Waals surface area contributed by atoms with Crippen molar-refractivity contribution in [3.63, 3.8) is 0 Å². The SMILES string of the molecule is CCOc1ccccc1N(CC(=O)N(Cc1cccc(C)c1)C(CC)C(=O)NC1CCCC1)S(=O)(=O)c1ccccc1. The number of hydrogen-bond donors (Lipinski definition) is 1. The van der Waals surface area contributed by atoms with Gasteiger partial charge in [0.25, 0.3) is 10.0 Å². The van der Waals surface area contributed by atoms with Crippen molar-refractivity contribution in [3.05, 3.63) is 90.0 Å². The Morgan fingerprint density at radius 3 is 2.31 bits per heavy atom. The van der Waals surface area contributed by atoms with Crippen molar-refractivity contribution in [1.29, 1.82) is 0 Å². The van der Waals surface area contributed by atoms with Crippen molar-refractivity contribution < 1.29 is 22.7 Å². The Labute approximate surface area is 249 Å². The Hall–Kier alpha value is -3.85. The number of sulfonamides is 1. The number of anilines is 1. The van der Waals surface area contributed by atoms with Gasteiger partial charge in [-0.2, -0.15) is 0 Å². The molecule has 3 aromatic rings. The topological polar surface area (TPSA) is 96.0 Å². The van der Waals surface area contributed by atoms with Crippen LogP contribution in [0.3, 0.4) is 0 Å². The number of ether oxygens (including phenoxy) is 1. The van der Waals surface area contributed by atoms with Crippen LogP contribution in [0.5, 0.6) is 5.75 Å². The van der Waals surface area contributed by atoms with Gasteiger partial charge in [-0.1, -0.05) is 79.9 Å². The fraction of sp³-hybridized carbons (Fsp3) is 0.394. The van der Waals surface area contributed by atoms with Crippen LogP contribution in [0.2, 0.25) is 0 Å². The highest BCUT2D eigenvalue weighted by molar-refractivity contribution is 7.92. The molecule has 42 heavy (non-hydrogen) atoms. The van der Waals surface area contributed by atoms with E-state index in [2.05, 4.69) is 5.32 Å². The fourth-order valence-electron chi connectivity index (χ4n) is 5.47. The van der Waals surface area contributed by atoms with Crippen LogP contribution in [-0.4, -0.2) is 50.4 Å². The number of aryl methyl sites for hydroxylation is 1. The molecule has 0 aliphatic heterocycles. The van der Waals surface area contributed by atoms with Crippen molar-refractivity contribution in [2.75, 3.05) is 17.5 Å². The molecule has 224 valence electrons. The Morgan fingerprint density at radius 2 is 1.64 bits per heavy atom. The first kappa shape index (κ1) is 31.1. The molecule has 1 fully saturated rings. The van der Waals surface area contributed by atoms with Gasteiger partial charge in [-0.3, -0.25) is 13.9 Å². The summed E-state index contributed by atoms with van der Waals surface area (Å²) < 4.78 is 35.0. The van der Waals surface area contributed by atoms with Crippen LogP contribution in [0.4, 0.5) is 5.69 Å². The van der Waals surface area contributed by atoms with Gasteiger partial charge in [0.05, 0.1) is 17.2 Å². The van der Waals surface area contributed by atoms with Crippen molar-refractivity contribution in [2.45, 2.75) is 76.4 Å². The third-order valence-corrected chi connectivity index (χ3v) is 9.34. The second kappa shape index (κ2) is 14.4. The zero-order valence-electron chi connectivity index (χ0n) is 24.7. The van der Waals surface area contributed by atoms with Gasteiger partial charge in [0.1, 0.15) is 18.3 Å². The number of benzene rings is 3. The van der Waals surface area contributed by atoms with Gasteiger partial charge in [-0.05, 0) is 62.9 Å². The summed E-state index contributed by atoms with van der Waals surface area (Å²) in [6.45, 7) is 5.65. The van der Waals surface area contributed by atoms with Crippen molar-refractivity contribution in [3.8, 4) is 5.75 Å². The first-order valence-electron chi connectivity index (χ1n) is 14.7. The molecule has 9 heteroatoms. The number of hydrogen-bond acceptors (Lipinski definition) is 5. The lowest BCUT2D eigenvalue weighted by molar-refractivity contribution is -0.140. The zero-order chi connectivity index (χ0) is 30.1. The lowest BCUT2D eigenvalue weighted by atomic mass is 10.1. The average Bonchev–Trinajstić information content (AvgIpc) is 3.50. The molecule has 1 atom stereocenters. The quantitative estimate of drug-likeness (QED) is 0.285. The molecule has 2 amide bonds. The van der Waals surface area contributed by atoms with Gasteiger partial charge in [0.15, 0.2) is 0 Å². The molecule has 0 bridgehead atoms. The number of nitrogens with zero attached hydrogens (tertiary/aromatic N) is 2. The minimum Gasteiger partial charge on any atom is -0.492 e. The van der Waals surface area contributed by atoms with Crippen LogP contribution in [0.15, 0.2) is 83.8 Å². The predicted octanol–water partition coefficient (Wildman–Crippen LogP) is 5.46. The van der Waals surface area contributed by atoms with Crippen LogP contribution < -0.4 is 14.4 Å². The highest BCUT2D eigenvalue weighted by atomic mass is 32.2. The Bertz CT molecular complexity index is 1460. The maximum atomic E-state index is 14.3. The first-order chi connectivity index (χ1) is 20.2. The second-order valence-corrected chi connectivity index (χ2v) is 12.5. The van der Waals surface area contributed by atoms with Gasteiger partial charge in [-0.15, -0.1) is 0 Å². The number of para-hydroxylation sites is 2. The summed E-state index contributed by atoms with van der Waals surface area (Å²) in [7, 11) is -4.17. The summed E-state index contributed by atoms with van der Waals surface area (Å²) in [6, 6.07) is 21.9. The highest BCUT2D eigenvalue weighted by Crippen LogP contribution is 2.33. The molecule has 1 aliphatic carbocycles. The smallest absolute Gasteiger partial charge is 0.264 e. The van der Waals surface area contributed by atoms with E-state index in [-0.39, 0.29) is 29.1 Å². The molecule has 1 saturated carbocycles. The Kier molecular flexibility index (Phi) is 10.6. The van der Waals surface area contributed by atoms with E-state index in [4.69, 9.17) is 4.74 Å².